The SMILES string of the molecule is O=c1ccc(OC(COCc2ccccc2)Cc2ccccc2)ccc1OCc1ccccc1. The van der Waals surface area contributed by atoms with Gasteiger partial charge in [0.25, 0.3) is 0 Å². The third kappa shape index (κ3) is 7.32. The molecule has 4 rings (SSSR count). The normalized spacial score (nSPS) is 11.5. The summed E-state index contributed by atoms with van der Waals surface area (Å²) in [7, 11) is 0. The summed E-state index contributed by atoms with van der Waals surface area (Å²) in [5.74, 6) is 0.884. The fourth-order valence-corrected chi connectivity index (χ4v) is 3.56. The van der Waals surface area contributed by atoms with E-state index in [9.17, 15) is 4.79 Å². The Morgan fingerprint density at radius 3 is 1.79 bits per heavy atom. The minimum atomic E-state index is -0.211. The van der Waals surface area contributed by atoms with Crippen LogP contribution in [0.2, 0.25) is 0 Å². The first-order chi connectivity index (χ1) is 16.8. The summed E-state index contributed by atoms with van der Waals surface area (Å²) >= 11 is 0. The maximum atomic E-state index is 12.5. The van der Waals surface area contributed by atoms with Gasteiger partial charge in [-0.25, -0.2) is 0 Å². The van der Waals surface area contributed by atoms with E-state index in [1.165, 1.54) is 6.07 Å². The van der Waals surface area contributed by atoms with Crippen molar-refractivity contribution in [3.05, 3.63) is 142 Å². The van der Waals surface area contributed by atoms with Gasteiger partial charge in [0.2, 0.25) is 5.43 Å². The van der Waals surface area contributed by atoms with E-state index in [2.05, 4.69) is 12.1 Å². The molecular weight excluding hydrogens is 424 g/mol. The van der Waals surface area contributed by atoms with Crippen LogP contribution in [-0.4, -0.2) is 12.7 Å². The van der Waals surface area contributed by atoms with Crippen LogP contribution in [0.4, 0.5) is 0 Å². The molecule has 1 unspecified atom stereocenters. The molecule has 0 N–H and O–H groups in total. The van der Waals surface area contributed by atoms with Crippen molar-refractivity contribution in [1.29, 1.82) is 0 Å². The van der Waals surface area contributed by atoms with Crippen molar-refractivity contribution in [3.8, 4) is 11.5 Å². The van der Waals surface area contributed by atoms with Crippen LogP contribution in [0.15, 0.2) is 120 Å². The van der Waals surface area contributed by atoms with Crippen molar-refractivity contribution in [2.24, 2.45) is 0 Å². The molecule has 0 radical (unpaired) electrons. The van der Waals surface area contributed by atoms with Crippen LogP contribution >= 0.6 is 0 Å². The first kappa shape index (κ1) is 23.3. The van der Waals surface area contributed by atoms with E-state index in [4.69, 9.17) is 14.2 Å². The fraction of sp³-hybridized carbons (Fsp3) is 0.167. The summed E-state index contributed by atoms with van der Waals surface area (Å²) < 4.78 is 18.0. The molecule has 0 aliphatic rings. The lowest BCUT2D eigenvalue weighted by Gasteiger charge is -2.19. The third-order valence-electron chi connectivity index (χ3n) is 5.30. The van der Waals surface area contributed by atoms with Gasteiger partial charge in [0.1, 0.15) is 18.5 Å². The van der Waals surface area contributed by atoms with E-state index >= 15 is 0 Å². The number of hydrogen-bond donors (Lipinski definition) is 0. The fourth-order valence-electron chi connectivity index (χ4n) is 3.56. The second-order valence-electron chi connectivity index (χ2n) is 8.00. The first-order valence-corrected chi connectivity index (χ1v) is 11.4. The molecule has 4 aromatic carbocycles. The zero-order valence-corrected chi connectivity index (χ0v) is 19.0. The van der Waals surface area contributed by atoms with Gasteiger partial charge in [0.05, 0.1) is 13.2 Å². The standard InChI is InChI=1S/C30H28O4/c31-29-18-16-27(17-19-30(29)33-22-26-14-8-3-9-15-26)34-28(20-24-10-4-1-5-11-24)23-32-21-25-12-6-2-7-13-25/h1-19,28H,20-23H2. The molecule has 4 aromatic rings. The number of benzene rings is 3. The van der Waals surface area contributed by atoms with Crippen molar-refractivity contribution >= 4 is 0 Å². The topological polar surface area (TPSA) is 44.8 Å². The summed E-state index contributed by atoms with van der Waals surface area (Å²) in [6.07, 6.45) is 0.479. The average Bonchev–Trinajstić information content (AvgIpc) is 3.05. The van der Waals surface area contributed by atoms with Crippen LogP contribution in [0.5, 0.6) is 11.5 Å². The Kier molecular flexibility index (Phi) is 8.47. The predicted molar refractivity (Wildman–Crippen MR) is 134 cm³/mol. The Hall–Kier alpha value is -3.89. The van der Waals surface area contributed by atoms with Crippen molar-refractivity contribution in [2.75, 3.05) is 6.61 Å². The molecule has 4 heteroatoms. The summed E-state index contributed by atoms with van der Waals surface area (Å²) in [6, 6.07) is 36.6. The molecule has 4 nitrogen and oxygen atoms in total. The molecule has 0 amide bonds. The Labute approximate surface area is 200 Å². The van der Waals surface area contributed by atoms with Crippen molar-refractivity contribution in [3.63, 3.8) is 0 Å². The molecule has 1 atom stereocenters. The van der Waals surface area contributed by atoms with E-state index in [0.717, 1.165) is 16.7 Å². The molecule has 0 bridgehead atoms. The molecule has 0 aliphatic heterocycles. The Balaban J connectivity index is 1.43. The second-order valence-corrected chi connectivity index (χ2v) is 8.00. The number of ether oxygens (including phenoxy) is 3. The van der Waals surface area contributed by atoms with Gasteiger partial charge < -0.3 is 14.2 Å². The van der Waals surface area contributed by atoms with Crippen LogP contribution in [0.1, 0.15) is 16.7 Å². The molecule has 0 saturated heterocycles. The van der Waals surface area contributed by atoms with Gasteiger partial charge in [-0.1, -0.05) is 91.0 Å². The quantitative estimate of drug-likeness (QED) is 0.287. The minimum absolute atomic E-state index is 0.189. The largest absolute Gasteiger partial charge is 0.488 e. The van der Waals surface area contributed by atoms with Gasteiger partial charge in [-0.3, -0.25) is 4.79 Å². The number of rotatable bonds is 11. The highest BCUT2D eigenvalue weighted by atomic mass is 16.5. The monoisotopic (exact) mass is 452 g/mol. The van der Waals surface area contributed by atoms with Gasteiger partial charge in [0, 0.05) is 6.42 Å². The summed E-state index contributed by atoms with van der Waals surface area (Å²) in [4.78, 5) is 12.5. The molecule has 0 saturated carbocycles. The average molecular weight is 453 g/mol. The van der Waals surface area contributed by atoms with E-state index in [1.807, 2.05) is 78.9 Å². The molecule has 0 fully saturated rings. The van der Waals surface area contributed by atoms with Gasteiger partial charge in [-0.15, -0.1) is 0 Å². The summed E-state index contributed by atoms with van der Waals surface area (Å²) in [6.45, 7) is 1.27. The number of hydrogen-bond acceptors (Lipinski definition) is 4. The molecule has 0 spiro atoms. The molecular formula is C30H28O4. The maximum absolute atomic E-state index is 12.5. The Morgan fingerprint density at radius 2 is 1.15 bits per heavy atom. The van der Waals surface area contributed by atoms with E-state index in [1.54, 1.807) is 18.2 Å². The first-order valence-electron chi connectivity index (χ1n) is 11.4. The molecule has 0 heterocycles. The Bertz CT molecular complexity index is 1190. The van der Waals surface area contributed by atoms with Crippen molar-refractivity contribution in [1.82, 2.24) is 0 Å². The molecule has 0 aliphatic carbocycles. The van der Waals surface area contributed by atoms with Crippen LogP contribution in [0.25, 0.3) is 0 Å². The molecule has 172 valence electrons. The van der Waals surface area contributed by atoms with Gasteiger partial charge in [-0.05, 0) is 41.0 Å². The lowest BCUT2D eigenvalue weighted by molar-refractivity contribution is 0.0413. The zero-order chi connectivity index (χ0) is 23.4. The van der Waals surface area contributed by atoms with Gasteiger partial charge in [0.15, 0.2) is 5.75 Å². The van der Waals surface area contributed by atoms with Gasteiger partial charge >= 0.3 is 0 Å². The van der Waals surface area contributed by atoms with Crippen LogP contribution in [0.3, 0.4) is 0 Å². The second kappa shape index (κ2) is 12.4. The summed E-state index contributed by atoms with van der Waals surface area (Å²) in [5, 5.41) is 0. The zero-order valence-electron chi connectivity index (χ0n) is 19.0. The predicted octanol–water partition coefficient (Wildman–Crippen LogP) is 5.83. The lowest BCUT2D eigenvalue weighted by Crippen LogP contribution is -2.25. The highest BCUT2D eigenvalue weighted by molar-refractivity contribution is 5.29. The van der Waals surface area contributed by atoms with Gasteiger partial charge in [-0.2, -0.15) is 0 Å². The molecule has 0 aromatic heterocycles. The highest BCUT2D eigenvalue weighted by Crippen LogP contribution is 2.17. The van der Waals surface area contributed by atoms with Crippen molar-refractivity contribution < 1.29 is 14.2 Å². The molecule has 34 heavy (non-hydrogen) atoms. The minimum Gasteiger partial charge on any atom is -0.488 e. The van der Waals surface area contributed by atoms with Crippen LogP contribution < -0.4 is 14.9 Å². The van der Waals surface area contributed by atoms with E-state index in [0.29, 0.717) is 37.7 Å². The highest BCUT2D eigenvalue weighted by Gasteiger charge is 2.13. The van der Waals surface area contributed by atoms with Crippen LogP contribution in [-0.2, 0) is 24.4 Å². The third-order valence-corrected chi connectivity index (χ3v) is 5.30. The Morgan fingerprint density at radius 1 is 0.588 bits per heavy atom. The van der Waals surface area contributed by atoms with Crippen molar-refractivity contribution in [2.45, 2.75) is 25.7 Å². The summed E-state index contributed by atoms with van der Waals surface area (Å²) in [5.41, 5.74) is 3.09. The maximum Gasteiger partial charge on any atom is 0.220 e. The van der Waals surface area contributed by atoms with E-state index < -0.39 is 0 Å². The lowest BCUT2D eigenvalue weighted by atomic mass is 10.1. The van der Waals surface area contributed by atoms with E-state index in [-0.39, 0.29) is 11.5 Å². The van der Waals surface area contributed by atoms with Crippen LogP contribution in [0, 0.1) is 0 Å². The smallest absolute Gasteiger partial charge is 0.220 e.